The van der Waals surface area contributed by atoms with Crippen LogP contribution in [0.3, 0.4) is 0 Å². The normalized spacial score (nSPS) is 17.6. The lowest BCUT2D eigenvalue weighted by Gasteiger charge is -2.30. The number of nitrogens with one attached hydrogen (secondary N) is 3. The van der Waals surface area contributed by atoms with Gasteiger partial charge in [0, 0.05) is 19.4 Å². The van der Waals surface area contributed by atoms with Crippen LogP contribution in [-0.4, -0.2) is 84.2 Å². The molecular weight excluding hydrogens is 622 g/mol. The van der Waals surface area contributed by atoms with Gasteiger partial charge < -0.3 is 36.1 Å². The Morgan fingerprint density at radius 1 is 0.958 bits per heavy atom. The third-order valence-corrected chi connectivity index (χ3v) is 8.27. The Bertz CT molecular complexity index is 1360. The number of amides is 5. The number of esters is 1. The number of carbonyl (C=O) groups excluding carboxylic acids is 7. The fourth-order valence-electron chi connectivity index (χ4n) is 5.77. The van der Waals surface area contributed by atoms with Gasteiger partial charge in [0.2, 0.25) is 23.6 Å². The number of likely N-dealkylation sites (tertiary alicyclic amines) is 1. The van der Waals surface area contributed by atoms with Crippen molar-refractivity contribution in [1.82, 2.24) is 20.9 Å². The van der Waals surface area contributed by atoms with E-state index in [0.717, 1.165) is 11.1 Å². The lowest BCUT2D eigenvalue weighted by Crippen LogP contribution is -2.57. The van der Waals surface area contributed by atoms with Crippen molar-refractivity contribution in [2.75, 3.05) is 13.7 Å². The standard InChI is InChI=1S/C34H47N5O9/c1-21(2)18-27(33(45)47-3)37-31(43)28-10-7-17-39(28)32(44)26(15-16-29(35)41)36-30(42)25(14-12-22-11-13-24(40)19-22)38-34(46)48-20-23-8-5-4-6-9-23/h4-6,8-9,19,21,25-28H,7,10-18,20H2,1-3H3,(H2,35,41)(H,36,42)(H,37,43)(H,38,46)/t25-,26-,27-,28-/m0/s1. The second kappa shape index (κ2) is 18.6. The van der Waals surface area contributed by atoms with Crippen molar-refractivity contribution >= 4 is 41.5 Å². The van der Waals surface area contributed by atoms with Gasteiger partial charge >= 0.3 is 12.1 Å². The van der Waals surface area contributed by atoms with E-state index < -0.39 is 59.9 Å². The molecule has 5 N–H and O–H groups in total. The lowest BCUT2D eigenvalue weighted by molar-refractivity contribution is -0.147. The number of carbonyl (C=O) groups is 7. The smallest absolute Gasteiger partial charge is 0.408 e. The molecule has 1 aromatic carbocycles. The van der Waals surface area contributed by atoms with Crippen molar-refractivity contribution in [2.24, 2.45) is 11.7 Å². The number of rotatable bonds is 17. The molecule has 0 aromatic heterocycles. The van der Waals surface area contributed by atoms with Crippen molar-refractivity contribution in [1.29, 1.82) is 0 Å². The van der Waals surface area contributed by atoms with Gasteiger partial charge in [-0.25, -0.2) is 9.59 Å². The highest BCUT2D eigenvalue weighted by Gasteiger charge is 2.39. The van der Waals surface area contributed by atoms with Gasteiger partial charge in [0.1, 0.15) is 30.8 Å². The molecule has 0 radical (unpaired) electrons. The molecule has 1 aliphatic carbocycles. The number of ketones is 1. The number of nitrogens with zero attached hydrogens (tertiary/aromatic N) is 1. The highest BCUT2D eigenvalue weighted by atomic mass is 16.5. The quantitative estimate of drug-likeness (QED) is 0.178. The lowest BCUT2D eigenvalue weighted by atomic mass is 10.0. The van der Waals surface area contributed by atoms with Gasteiger partial charge in [-0.1, -0.05) is 49.8 Å². The van der Waals surface area contributed by atoms with Crippen molar-refractivity contribution in [2.45, 2.75) is 102 Å². The molecule has 0 bridgehead atoms. The maximum absolute atomic E-state index is 13.9. The van der Waals surface area contributed by atoms with E-state index in [4.69, 9.17) is 15.2 Å². The molecule has 48 heavy (non-hydrogen) atoms. The highest BCUT2D eigenvalue weighted by Crippen LogP contribution is 2.22. The summed E-state index contributed by atoms with van der Waals surface area (Å²) >= 11 is 0. The van der Waals surface area contributed by atoms with Gasteiger partial charge in [-0.15, -0.1) is 0 Å². The molecule has 4 atom stereocenters. The van der Waals surface area contributed by atoms with Crippen LogP contribution in [0.1, 0.15) is 77.2 Å². The van der Waals surface area contributed by atoms with Gasteiger partial charge in [-0.2, -0.15) is 0 Å². The van der Waals surface area contributed by atoms with Crippen LogP contribution in [0, 0.1) is 5.92 Å². The summed E-state index contributed by atoms with van der Waals surface area (Å²) < 4.78 is 10.2. The molecule has 2 aliphatic rings. The van der Waals surface area contributed by atoms with Crippen LogP contribution in [0.15, 0.2) is 42.0 Å². The summed E-state index contributed by atoms with van der Waals surface area (Å²) in [4.78, 5) is 90.8. The van der Waals surface area contributed by atoms with Crippen LogP contribution >= 0.6 is 0 Å². The van der Waals surface area contributed by atoms with Gasteiger partial charge in [0.25, 0.3) is 0 Å². The van der Waals surface area contributed by atoms with E-state index in [9.17, 15) is 33.6 Å². The SMILES string of the molecule is COC(=O)[C@H](CC(C)C)NC(=O)[C@@H]1CCCN1C(=O)[C@H](CCC(N)=O)NC(=O)[C@H](CCC1=CC(=O)CC1)NC(=O)OCc1ccccc1. The summed E-state index contributed by atoms with van der Waals surface area (Å²) in [6.45, 7) is 3.97. The molecule has 3 rings (SSSR count). The largest absolute Gasteiger partial charge is 0.467 e. The molecule has 5 amide bonds. The highest BCUT2D eigenvalue weighted by molar-refractivity contribution is 5.95. The zero-order chi connectivity index (χ0) is 35.2. The molecule has 14 heteroatoms. The molecule has 1 aromatic rings. The Morgan fingerprint density at radius 3 is 2.31 bits per heavy atom. The number of benzene rings is 1. The summed E-state index contributed by atoms with van der Waals surface area (Å²) in [5, 5.41) is 7.94. The minimum absolute atomic E-state index is 0.00957. The monoisotopic (exact) mass is 669 g/mol. The van der Waals surface area contributed by atoms with E-state index in [0.29, 0.717) is 38.5 Å². The Hall–Kier alpha value is -4.75. The number of ether oxygens (including phenoxy) is 2. The second-order valence-electron chi connectivity index (χ2n) is 12.5. The molecule has 0 saturated carbocycles. The van der Waals surface area contributed by atoms with Crippen molar-refractivity contribution in [3.63, 3.8) is 0 Å². The van der Waals surface area contributed by atoms with E-state index >= 15 is 0 Å². The summed E-state index contributed by atoms with van der Waals surface area (Å²) in [6.07, 6.45) is 2.86. The predicted molar refractivity (Wildman–Crippen MR) is 174 cm³/mol. The number of allylic oxidation sites excluding steroid dienone is 2. The van der Waals surface area contributed by atoms with Crippen LogP contribution < -0.4 is 21.7 Å². The minimum Gasteiger partial charge on any atom is -0.467 e. The Labute approximate surface area is 280 Å². The summed E-state index contributed by atoms with van der Waals surface area (Å²) in [6, 6.07) is 4.76. The third-order valence-electron chi connectivity index (χ3n) is 8.27. The summed E-state index contributed by atoms with van der Waals surface area (Å²) in [7, 11) is 1.23. The van der Waals surface area contributed by atoms with E-state index in [-0.39, 0.29) is 44.1 Å². The van der Waals surface area contributed by atoms with Crippen LogP contribution in [0.25, 0.3) is 0 Å². The second-order valence-corrected chi connectivity index (χ2v) is 12.5. The van der Waals surface area contributed by atoms with Crippen molar-refractivity contribution in [3.05, 3.63) is 47.5 Å². The molecule has 1 aliphatic heterocycles. The first-order valence-electron chi connectivity index (χ1n) is 16.3. The molecule has 0 unspecified atom stereocenters. The zero-order valence-corrected chi connectivity index (χ0v) is 27.8. The Morgan fingerprint density at radius 2 is 1.69 bits per heavy atom. The summed E-state index contributed by atoms with van der Waals surface area (Å²) in [5.41, 5.74) is 6.96. The van der Waals surface area contributed by atoms with Crippen molar-refractivity contribution in [3.8, 4) is 0 Å². The Kier molecular flexibility index (Phi) is 14.6. The molecular formula is C34H47N5O9. The maximum atomic E-state index is 13.9. The number of alkyl carbamates (subject to hydrolysis) is 1. The molecule has 14 nitrogen and oxygen atoms in total. The van der Waals surface area contributed by atoms with E-state index in [1.807, 2.05) is 19.9 Å². The molecule has 1 fully saturated rings. The van der Waals surface area contributed by atoms with Crippen LogP contribution in [-0.2, 0) is 44.8 Å². The fourth-order valence-corrected chi connectivity index (χ4v) is 5.77. The fraction of sp³-hybridized carbons (Fsp3) is 0.559. The van der Waals surface area contributed by atoms with E-state index in [1.54, 1.807) is 24.3 Å². The minimum atomic E-state index is -1.25. The van der Waals surface area contributed by atoms with Gasteiger partial charge in [-0.05, 0) is 62.5 Å². The topological polar surface area (TPSA) is 203 Å². The average molecular weight is 670 g/mol. The number of nitrogens with two attached hydrogens (primary N) is 1. The average Bonchev–Trinajstić information content (AvgIpc) is 3.72. The van der Waals surface area contributed by atoms with Crippen molar-refractivity contribution < 1.29 is 43.0 Å². The van der Waals surface area contributed by atoms with Gasteiger partial charge in [0.05, 0.1) is 7.11 Å². The van der Waals surface area contributed by atoms with Crippen LogP contribution in [0.4, 0.5) is 4.79 Å². The zero-order valence-electron chi connectivity index (χ0n) is 27.8. The van der Waals surface area contributed by atoms with Crippen LogP contribution in [0.2, 0.25) is 0 Å². The Balaban J connectivity index is 1.75. The van der Waals surface area contributed by atoms with Gasteiger partial charge in [0.15, 0.2) is 5.78 Å². The first kappa shape index (κ1) is 37.7. The van der Waals surface area contributed by atoms with E-state index in [1.165, 1.54) is 18.1 Å². The number of hydrogen-bond acceptors (Lipinski definition) is 9. The molecule has 1 saturated heterocycles. The summed E-state index contributed by atoms with van der Waals surface area (Å²) in [5.74, 6) is -3.06. The predicted octanol–water partition coefficient (Wildman–Crippen LogP) is 1.80. The molecule has 0 spiro atoms. The van der Waals surface area contributed by atoms with Gasteiger partial charge in [-0.3, -0.25) is 24.0 Å². The number of methoxy groups -OCH3 is 1. The number of hydrogen-bond donors (Lipinski definition) is 4. The molecule has 262 valence electrons. The van der Waals surface area contributed by atoms with Crippen LogP contribution in [0.5, 0.6) is 0 Å². The first-order valence-corrected chi connectivity index (χ1v) is 16.3. The first-order chi connectivity index (χ1) is 22.9. The third kappa shape index (κ3) is 11.8. The number of primary amides is 1. The van der Waals surface area contributed by atoms with E-state index in [2.05, 4.69) is 16.0 Å². The maximum Gasteiger partial charge on any atom is 0.408 e. The molecule has 1 heterocycles.